The predicted octanol–water partition coefficient (Wildman–Crippen LogP) is 15.8. The number of aryl methyl sites for hydroxylation is 4. The summed E-state index contributed by atoms with van der Waals surface area (Å²) in [6.45, 7) is 22.6. The first-order valence-electron chi connectivity index (χ1n) is 35.0. The number of carboxylic acids is 1. The van der Waals surface area contributed by atoms with Crippen molar-refractivity contribution in [2.75, 3.05) is 45.9 Å². The van der Waals surface area contributed by atoms with Gasteiger partial charge in [0.25, 0.3) is 11.1 Å². The summed E-state index contributed by atoms with van der Waals surface area (Å²) in [5.41, 5.74) is 0.364. The Morgan fingerprint density at radius 1 is 0.549 bits per heavy atom. The predicted molar refractivity (Wildman–Crippen MR) is 369 cm³/mol. The number of carbonyl (C=O) groups excluding carboxylic acids is 3. The van der Waals surface area contributed by atoms with Crippen molar-refractivity contribution in [3.63, 3.8) is 0 Å². The Balaban J connectivity index is 0.000000237. The van der Waals surface area contributed by atoms with Gasteiger partial charge in [0.1, 0.15) is 35.4 Å². The average molecular weight is 1430 g/mol. The number of nitrogens with zero attached hydrogens (tertiary/aromatic N) is 4. The lowest BCUT2D eigenvalue weighted by atomic mass is 9.63. The van der Waals surface area contributed by atoms with E-state index in [9.17, 15) is 69.0 Å². The van der Waals surface area contributed by atoms with Crippen LogP contribution in [0.1, 0.15) is 190 Å². The van der Waals surface area contributed by atoms with E-state index in [1.165, 1.54) is 50.6 Å². The number of hydrogen-bond donors (Lipinski definition) is 3. The molecule has 102 heavy (non-hydrogen) atoms. The quantitative estimate of drug-likeness (QED) is 0.0370. The van der Waals surface area contributed by atoms with E-state index < -0.39 is 119 Å². The normalized spacial score (nSPS) is 16.8. The molecule has 552 valence electrons. The summed E-state index contributed by atoms with van der Waals surface area (Å²) in [4.78, 5) is 84.2. The van der Waals surface area contributed by atoms with Crippen LogP contribution in [0.4, 0.5) is 43.9 Å². The number of amides is 2. The number of ether oxygens (including phenoxy) is 1. The van der Waals surface area contributed by atoms with Gasteiger partial charge in [0.15, 0.2) is 0 Å². The van der Waals surface area contributed by atoms with Crippen molar-refractivity contribution in [3.8, 4) is 22.3 Å². The average Bonchev–Trinajstić information content (AvgIpc) is 0.761. The zero-order valence-electron chi connectivity index (χ0n) is 59.7. The highest BCUT2D eigenvalue weighted by Crippen LogP contribution is 2.49. The van der Waals surface area contributed by atoms with E-state index in [4.69, 9.17) is 4.74 Å². The number of carboxylic acid groups (broad SMARTS) is 1. The minimum absolute atomic E-state index is 0.0130. The molecular formula is C78H92F10N6O8. The van der Waals surface area contributed by atoms with Gasteiger partial charge in [-0.15, -0.1) is 0 Å². The third-order valence-corrected chi connectivity index (χ3v) is 20.9. The molecule has 2 aliphatic carbocycles. The minimum Gasteiger partial charge on any atom is -0.481 e. The van der Waals surface area contributed by atoms with Gasteiger partial charge in [0, 0.05) is 74.9 Å². The van der Waals surface area contributed by atoms with Crippen LogP contribution >= 0.6 is 0 Å². The molecule has 10 rings (SSSR count). The topological polar surface area (TPSA) is 172 Å². The lowest BCUT2D eigenvalue weighted by Gasteiger charge is -2.56. The standard InChI is InChI=1S/C40H48F5N3O4.C38H44F5N3O4/c1-7-52-35(50)19-32(29-17-28(16-25(5)37(29)42)36-24(4)9-10-31(41)26(36)6)46-38(51)33(15-23(2)3)48-20-27(30(18-34(48)49)40(43,44)45)11-14-47-21-39(22-47)12-8-13-39;1-21(2)13-31(46-18-25(28(16-32(46)47)38(41,42)43)9-12-45-19-37(20-45)10-6-11-37)36(50)44-30(17-33(48)49)27-15-26(14-23(4)35(27)40)34-22(3)7-8-29(39)24(34)5/h9-10,16-18,20,23,32-33H,7-8,11-15,19,21-22H2,1-6H3,(H,46,51);7-8,14-16,18,21,30-31H,6,9-13,17,19-20H2,1-5H3,(H,44,50)(H,48,49)/t32-,33?;30-,31+/m00/s1. The van der Waals surface area contributed by atoms with Crippen LogP contribution in [0.3, 0.4) is 0 Å². The van der Waals surface area contributed by atoms with Gasteiger partial charge >= 0.3 is 24.3 Å². The Bertz CT molecular complexity index is 4250. The van der Waals surface area contributed by atoms with Crippen LogP contribution in [-0.2, 0) is 49.1 Å². The summed E-state index contributed by atoms with van der Waals surface area (Å²) < 4.78 is 154. The molecule has 2 spiro atoms. The third-order valence-electron chi connectivity index (χ3n) is 20.9. The van der Waals surface area contributed by atoms with Crippen LogP contribution in [0.15, 0.2) is 82.6 Å². The van der Waals surface area contributed by atoms with Gasteiger partial charge in [0.05, 0.1) is 42.7 Å². The van der Waals surface area contributed by atoms with Crippen LogP contribution in [0.5, 0.6) is 0 Å². The molecule has 4 atom stereocenters. The number of halogens is 10. The molecule has 4 aromatic carbocycles. The monoisotopic (exact) mass is 1430 g/mol. The Hall–Kier alpha value is -8.12. The molecule has 4 heterocycles. The largest absolute Gasteiger partial charge is 0.481 e. The van der Waals surface area contributed by atoms with Crippen molar-refractivity contribution in [1.29, 1.82) is 0 Å². The maximum absolute atomic E-state index is 16.0. The summed E-state index contributed by atoms with van der Waals surface area (Å²) in [7, 11) is 0. The Morgan fingerprint density at radius 3 is 1.25 bits per heavy atom. The third kappa shape index (κ3) is 17.7. The number of aromatic nitrogens is 2. The number of nitrogens with one attached hydrogen (secondary N) is 2. The van der Waals surface area contributed by atoms with Gasteiger partial charge in [-0.05, 0) is 226 Å². The molecule has 2 aromatic heterocycles. The second kappa shape index (κ2) is 31.5. The molecule has 2 aliphatic heterocycles. The van der Waals surface area contributed by atoms with Gasteiger partial charge in [-0.3, -0.25) is 28.8 Å². The molecule has 2 saturated heterocycles. The fraction of sp³-hybridized carbons (Fsp3) is 0.513. The first-order valence-corrected chi connectivity index (χ1v) is 35.0. The SMILES string of the molecule is CCOC(=O)C[C@H](NC(=O)C(CC(C)C)n1cc(CCN2CC3(CCC3)C2)c(C(F)(F)F)cc1=O)c1cc(-c2c(C)ccc(F)c2C)cc(C)c1F.Cc1cc(-c2c(C)ccc(F)c2C)cc([C@H](CC(=O)O)NC(=O)[C@@H](CC(C)C)n2cc(CCN3CC4(CCC4)C3)c(C(F)(F)F)cc2=O)c1F. The highest BCUT2D eigenvalue weighted by Gasteiger charge is 2.48. The van der Waals surface area contributed by atoms with Gasteiger partial charge in [-0.25, -0.2) is 17.6 Å². The molecule has 0 radical (unpaired) electrons. The molecule has 14 nitrogen and oxygen atoms in total. The highest BCUT2D eigenvalue weighted by molar-refractivity contribution is 5.83. The van der Waals surface area contributed by atoms with Gasteiger partial charge in [-0.2, -0.15) is 26.3 Å². The van der Waals surface area contributed by atoms with E-state index in [0.29, 0.717) is 69.6 Å². The smallest absolute Gasteiger partial charge is 0.416 e. The second-order valence-corrected chi connectivity index (χ2v) is 29.7. The maximum atomic E-state index is 16.0. The summed E-state index contributed by atoms with van der Waals surface area (Å²) >= 11 is 0. The lowest BCUT2D eigenvalue weighted by molar-refractivity contribution is -0.144. The molecular weight excluding hydrogens is 1340 g/mol. The summed E-state index contributed by atoms with van der Waals surface area (Å²) in [6.07, 6.45) is -1.57. The van der Waals surface area contributed by atoms with E-state index in [1.807, 2.05) is 13.8 Å². The number of pyridine rings is 2. The van der Waals surface area contributed by atoms with E-state index in [0.717, 1.165) is 85.4 Å². The van der Waals surface area contributed by atoms with Gasteiger partial charge in [-0.1, -0.05) is 52.7 Å². The Morgan fingerprint density at radius 2 is 0.922 bits per heavy atom. The number of carbonyl (C=O) groups is 4. The first kappa shape index (κ1) is 78.0. The number of rotatable bonds is 25. The van der Waals surface area contributed by atoms with Crippen molar-refractivity contribution in [2.24, 2.45) is 22.7 Å². The van der Waals surface area contributed by atoms with E-state index >= 15 is 8.78 Å². The number of esters is 1. The number of aliphatic carboxylic acids is 1. The number of likely N-dealkylation sites (tertiary alicyclic amines) is 2. The summed E-state index contributed by atoms with van der Waals surface area (Å²) in [5, 5.41) is 15.2. The number of hydrogen-bond acceptors (Lipinski definition) is 9. The molecule has 24 heteroatoms. The summed E-state index contributed by atoms with van der Waals surface area (Å²) in [5.74, 6) is -6.47. The van der Waals surface area contributed by atoms with Crippen molar-refractivity contribution in [2.45, 2.75) is 190 Å². The highest BCUT2D eigenvalue weighted by atomic mass is 19.4. The zero-order chi connectivity index (χ0) is 74.8. The fourth-order valence-electron chi connectivity index (χ4n) is 15.3. The first-order chi connectivity index (χ1) is 47.8. The van der Waals surface area contributed by atoms with E-state index in [-0.39, 0.29) is 82.9 Å². The number of benzene rings is 4. The van der Waals surface area contributed by atoms with Gasteiger partial charge in [0.2, 0.25) is 11.8 Å². The van der Waals surface area contributed by atoms with Gasteiger partial charge < -0.3 is 39.4 Å². The molecule has 2 saturated carbocycles. The van der Waals surface area contributed by atoms with Crippen LogP contribution < -0.4 is 21.8 Å². The molecule has 0 bridgehead atoms. The lowest BCUT2D eigenvalue weighted by Crippen LogP contribution is -2.59. The van der Waals surface area contributed by atoms with Crippen molar-refractivity contribution >= 4 is 23.8 Å². The minimum atomic E-state index is -4.79. The van der Waals surface area contributed by atoms with Crippen molar-refractivity contribution in [3.05, 3.63) is 184 Å². The molecule has 4 fully saturated rings. The number of alkyl halides is 6. The van der Waals surface area contributed by atoms with Crippen LogP contribution in [-0.4, -0.2) is 93.7 Å². The molecule has 3 N–H and O–H groups in total. The summed E-state index contributed by atoms with van der Waals surface area (Å²) in [6, 6.07) is 7.53. The van der Waals surface area contributed by atoms with Crippen LogP contribution in [0.2, 0.25) is 0 Å². The Kier molecular flexibility index (Phi) is 24.1. The Labute approximate surface area is 588 Å². The second-order valence-electron chi connectivity index (χ2n) is 29.7. The molecule has 2 amide bonds. The van der Waals surface area contributed by atoms with E-state index in [1.54, 1.807) is 66.7 Å². The van der Waals surface area contributed by atoms with Crippen molar-refractivity contribution in [1.82, 2.24) is 29.6 Å². The van der Waals surface area contributed by atoms with Crippen LogP contribution in [0.25, 0.3) is 22.3 Å². The zero-order valence-corrected chi connectivity index (χ0v) is 59.7. The van der Waals surface area contributed by atoms with Crippen molar-refractivity contribution < 1.29 is 72.9 Å². The van der Waals surface area contributed by atoms with E-state index in [2.05, 4.69) is 20.4 Å². The molecule has 4 aliphatic rings. The molecule has 6 aromatic rings. The van der Waals surface area contributed by atoms with Crippen LogP contribution in [0, 0.1) is 87.5 Å². The fourth-order valence-corrected chi connectivity index (χ4v) is 15.3. The molecule has 1 unspecified atom stereocenters. The maximum Gasteiger partial charge on any atom is 0.416 e.